The van der Waals surface area contributed by atoms with Crippen LogP contribution in [0.25, 0.3) is 0 Å². The fraction of sp³-hybridized carbons (Fsp3) is 0.857. The van der Waals surface area contributed by atoms with Crippen LogP contribution in [0, 0.1) is 11.3 Å². The van der Waals surface area contributed by atoms with Crippen LogP contribution in [-0.2, 0) is 24.3 Å². The lowest BCUT2D eigenvalue weighted by Crippen LogP contribution is -2.51. The Morgan fingerprint density at radius 2 is 1.84 bits per heavy atom. The molecule has 0 aromatic heterocycles. The Labute approximate surface area is 190 Å². The van der Waals surface area contributed by atoms with Gasteiger partial charge in [0.05, 0.1) is 19.0 Å². The van der Waals surface area contributed by atoms with Gasteiger partial charge < -0.3 is 15.4 Å². The minimum Gasteiger partial charge on any atom is -0.379 e. The second-order valence-electron chi connectivity index (χ2n) is 9.70. The number of morpholine rings is 1. The molecular weight excluding hydrogens is 436 g/mol. The van der Waals surface area contributed by atoms with Gasteiger partial charge in [-0.1, -0.05) is 27.2 Å². The molecule has 182 valence electrons. The van der Waals surface area contributed by atoms with E-state index in [1.54, 1.807) is 0 Å². The summed E-state index contributed by atoms with van der Waals surface area (Å²) in [5.41, 5.74) is -0.730. The van der Waals surface area contributed by atoms with Gasteiger partial charge in [0.2, 0.25) is 15.9 Å². The van der Waals surface area contributed by atoms with Crippen LogP contribution in [0.15, 0.2) is 0 Å². The van der Waals surface area contributed by atoms with E-state index in [0.29, 0.717) is 45.1 Å². The van der Waals surface area contributed by atoms with Crippen molar-refractivity contribution in [3.63, 3.8) is 0 Å². The van der Waals surface area contributed by atoms with Crippen molar-refractivity contribution in [1.82, 2.24) is 19.8 Å². The number of ether oxygens (including phenoxy) is 1. The molecular formula is C21H36N4O6S. The lowest BCUT2D eigenvalue weighted by molar-refractivity contribution is -0.136. The minimum absolute atomic E-state index is 0.0822. The Kier molecular flexibility index (Phi) is 7.51. The summed E-state index contributed by atoms with van der Waals surface area (Å²) in [7, 11) is -3.49. The number of hydrogen-bond donors (Lipinski definition) is 2. The highest BCUT2D eigenvalue weighted by Crippen LogP contribution is 2.45. The second kappa shape index (κ2) is 9.64. The monoisotopic (exact) mass is 472 g/mol. The Hall–Kier alpha value is -1.72. The number of carbonyl (C=O) groups is 3. The van der Waals surface area contributed by atoms with Crippen LogP contribution in [0.4, 0.5) is 4.79 Å². The van der Waals surface area contributed by atoms with E-state index in [0.717, 1.165) is 24.2 Å². The Bertz CT molecular complexity index is 829. The lowest BCUT2D eigenvalue weighted by atomic mass is 9.65. The van der Waals surface area contributed by atoms with E-state index in [-0.39, 0.29) is 23.6 Å². The maximum Gasteiger partial charge on any atom is 0.325 e. The summed E-state index contributed by atoms with van der Waals surface area (Å²) in [6.07, 6.45) is 3.90. The predicted octanol–water partition coefficient (Wildman–Crippen LogP) is 0.682. The molecule has 2 aliphatic heterocycles. The van der Waals surface area contributed by atoms with E-state index >= 15 is 0 Å². The zero-order valence-electron chi connectivity index (χ0n) is 19.3. The van der Waals surface area contributed by atoms with E-state index in [2.05, 4.69) is 31.4 Å². The maximum atomic E-state index is 13.0. The van der Waals surface area contributed by atoms with Crippen LogP contribution in [0.2, 0.25) is 0 Å². The number of nitrogens with zero attached hydrogens (tertiary/aromatic N) is 2. The highest BCUT2D eigenvalue weighted by Gasteiger charge is 2.53. The number of rotatable bonds is 8. The highest BCUT2D eigenvalue weighted by atomic mass is 32.2. The van der Waals surface area contributed by atoms with E-state index in [1.165, 1.54) is 4.31 Å². The number of sulfonamides is 1. The fourth-order valence-electron chi connectivity index (χ4n) is 4.81. The first kappa shape index (κ1) is 24.9. The molecule has 0 radical (unpaired) electrons. The zero-order chi connectivity index (χ0) is 23.6. The van der Waals surface area contributed by atoms with Crippen LogP contribution in [0.1, 0.15) is 52.9 Å². The summed E-state index contributed by atoms with van der Waals surface area (Å²) in [5.74, 6) is -0.652. The molecule has 0 atom stereocenters. The van der Waals surface area contributed by atoms with Gasteiger partial charge >= 0.3 is 6.03 Å². The molecule has 0 unspecified atom stereocenters. The van der Waals surface area contributed by atoms with Gasteiger partial charge in [0, 0.05) is 19.6 Å². The van der Waals surface area contributed by atoms with Crippen molar-refractivity contribution in [1.29, 1.82) is 0 Å². The van der Waals surface area contributed by atoms with Crippen LogP contribution in [0.5, 0.6) is 0 Å². The Morgan fingerprint density at radius 3 is 2.44 bits per heavy atom. The molecule has 0 aromatic carbocycles. The first-order chi connectivity index (χ1) is 15.0. The van der Waals surface area contributed by atoms with Gasteiger partial charge in [-0.2, -0.15) is 4.31 Å². The average Bonchev–Trinajstić information content (AvgIpc) is 2.98. The maximum absolute atomic E-state index is 13.0. The van der Waals surface area contributed by atoms with Crippen molar-refractivity contribution in [3.05, 3.63) is 0 Å². The second-order valence-corrected chi connectivity index (χ2v) is 11.8. The molecule has 0 aromatic rings. The summed E-state index contributed by atoms with van der Waals surface area (Å²) in [6, 6.07) is -0.556. The molecule has 11 heteroatoms. The van der Waals surface area contributed by atoms with Crippen molar-refractivity contribution in [2.45, 2.75) is 58.4 Å². The average molecular weight is 473 g/mol. The third-order valence-corrected chi connectivity index (χ3v) is 9.32. The molecule has 10 nitrogen and oxygen atoms in total. The summed E-state index contributed by atoms with van der Waals surface area (Å²) < 4.78 is 31.2. The Balaban J connectivity index is 1.49. The van der Waals surface area contributed by atoms with Crippen molar-refractivity contribution in [2.24, 2.45) is 11.3 Å². The molecule has 2 N–H and O–H groups in total. The van der Waals surface area contributed by atoms with E-state index < -0.39 is 34.0 Å². The fourth-order valence-corrected chi connectivity index (χ4v) is 6.14. The minimum atomic E-state index is -3.49. The summed E-state index contributed by atoms with van der Waals surface area (Å²) in [4.78, 5) is 38.8. The summed E-state index contributed by atoms with van der Waals surface area (Å²) in [5, 5.41) is 5.35. The quantitative estimate of drug-likeness (QED) is 0.501. The van der Waals surface area contributed by atoms with Gasteiger partial charge in [-0.15, -0.1) is 0 Å². The first-order valence-corrected chi connectivity index (χ1v) is 13.1. The summed E-state index contributed by atoms with van der Waals surface area (Å²) >= 11 is 0. The van der Waals surface area contributed by atoms with Crippen molar-refractivity contribution >= 4 is 27.9 Å². The van der Waals surface area contributed by atoms with Gasteiger partial charge in [0.25, 0.3) is 5.91 Å². The molecule has 2 saturated heterocycles. The van der Waals surface area contributed by atoms with Gasteiger partial charge in [-0.3, -0.25) is 14.5 Å². The number of nitrogens with one attached hydrogen (secondary N) is 2. The van der Waals surface area contributed by atoms with E-state index in [4.69, 9.17) is 4.74 Å². The van der Waals surface area contributed by atoms with Gasteiger partial charge in [0.1, 0.15) is 12.1 Å². The molecule has 0 bridgehead atoms. The molecule has 32 heavy (non-hydrogen) atoms. The zero-order valence-corrected chi connectivity index (χ0v) is 20.1. The number of hydrogen-bond acceptors (Lipinski definition) is 6. The topological polar surface area (TPSA) is 125 Å². The third-order valence-electron chi connectivity index (χ3n) is 7.45. The van der Waals surface area contributed by atoms with Crippen LogP contribution < -0.4 is 10.6 Å². The van der Waals surface area contributed by atoms with Gasteiger partial charge in [-0.25, -0.2) is 13.2 Å². The molecule has 1 spiro atoms. The van der Waals surface area contributed by atoms with Crippen molar-refractivity contribution in [2.75, 3.05) is 45.1 Å². The highest BCUT2D eigenvalue weighted by molar-refractivity contribution is 7.89. The van der Waals surface area contributed by atoms with E-state index in [9.17, 15) is 22.8 Å². The molecule has 4 amide bonds. The number of urea groups is 1. The van der Waals surface area contributed by atoms with Gasteiger partial charge in [0.15, 0.2) is 0 Å². The summed E-state index contributed by atoms with van der Waals surface area (Å²) in [6.45, 7) is 7.47. The molecule has 3 rings (SSSR count). The standard InChI is InChI=1S/C21H36N4O6S/c1-4-20(2,3)16-5-7-21(8-6-16)18(27)25(19(28)23-21)15-17(26)22-9-14-32(29,30)24-10-12-31-13-11-24/h16H,4-15H2,1-3H3,(H,22,26)(H,23,28). The van der Waals surface area contributed by atoms with Crippen LogP contribution >= 0.6 is 0 Å². The van der Waals surface area contributed by atoms with Gasteiger partial charge in [-0.05, 0) is 37.0 Å². The lowest BCUT2D eigenvalue weighted by Gasteiger charge is -2.42. The molecule has 1 aliphatic carbocycles. The van der Waals surface area contributed by atoms with Crippen molar-refractivity contribution in [3.8, 4) is 0 Å². The molecule has 1 saturated carbocycles. The SMILES string of the molecule is CCC(C)(C)C1CCC2(CC1)NC(=O)N(CC(=O)NCCS(=O)(=O)N1CCOCC1)C2=O. The smallest absolute Gasteiger partial charge is 0.325 e. The molecule has 3 aliphatic rings. The first-order valence-electron chi connectivity index (χ1n) is 11.5. The largest absolute Gasteiger partial charge is 0.379 e. The predicted molar refractivity (Wildman–Crippen MR) is 118 cm³/mol. The molecule has 2 heterocycles. The van der Waals surface area contributed by atoms with E-state index in [1.807, 2.05) is 0 Å². The van der Waals surface area contributed by atoms with Crippen LogP contribution in [0.3, 0.4) is 0 Å². The third kappa shape index (κ3) is 5.26. The Morgan fingerprint density at radius 1 is 1.22 bits per heavy atom. The van der Waals surface area contributed by atoms with Crippen LogP contribution in [-0.4, -0.2) is 86.2 Å². The number of amides is 4. The molecule has 3 fully saturated rings. The normalized spacial score (nSPS) is 27.6. The van der Waals surface area contributed by atoms with Crippen molar-refractivity contribution < 1.29 is 27.5 Å². The number of imide groups is 1. The number of carbonyl (C=O) groups excluding carboxylic acids is 3.